The average molecular weight is 256 g/mol. The highest BCUT2D eigenvalue weighted by Crippen LogP contribution is 2.31. The molecule has 14 heavy (non-hydrogen) atoms. The molecule has 1 aromatic heterocycles. The number of rotatable bonds is 2. The van der Waals surface area contributed by atoms with Gasteiger partial charge in [-0.15, -0.1) is 0 Å². The zero-order valence-electron chi connectivity index (χ0n) is 7.67. The molecule has 3 nitrogen and oxygen atoms in total. The Kier molecular flexibility index (Phi) is 2.48. The molecule has 0 unspecified atom stereocenters. The zero-order chi connectivity index (χ0) is 10.1. The molecule has 2 rings (SSSR count). The van der Waals surface area contributed by atoms with E-state index in [1.54, 1.807) is 13.3 Å². The summed E-state index contributed by atoms with van der Waals surface area (Å²) in [5.41, 5.74) is 1.79. The molecule has 0 radical (unpaired) electrons. The van der Waals surface area contributed by atoms with Crippen molar-refractivity contribution < 1.29 is 9.84 Å². The van der Waals surface area contributed by atoms with Crippen LogP contribution in [0, 0.1) is 0 Å². The molecule has 2 N–H and O–H groups in total. The number of aliphatic hydroxyl groups is 1. The molecule has 0 fully saturated rings. The molecule has 2 aromatic rings. The molecular weight excluding hydrogens is 246 g/mol. The first kappa shape index (κ1) is 9.55. The van der Waals surface area contributed by atoms with Gasteiger partial charge in [-0.05, 0) is 12.1 Å². The van der Waals surface area contributed by atoms with Crippen LogP contribution in [-0.4, -0.2) is 17.2 Å². The minimum absolute atomic E-state index is 0.0274. The van der Waals surface area contributed by atoms with Gasteiger partial charge in [0.15, 0.2) is 0 Å². The van der Waals surface area contributed by atoms with Gasteiger partial charge in [-0.25, -0.2) is 0 Å². The van der Waals surface area contributed by atoms with E-state index >= 15 is 0 Å². The highest BCUT2D eigenvalue weighted by Gasteiger charge is 2.08. The Labute approximate surface area is 89.8 Å². The van der Waals surface area contributed by atoms with E-state index in [2.05, 4.69) is 20.9 Å². The van der Waals surface area contributed by atoms with Crippen molar-refractivity contribution in [3.8, 4) is 5.75 Å². The SMILES string of the molecule is COc1cc(Br)cc2c(CO)c[nH]c12. The van der Waals surface area contributed by atoms with Crippen molar-refractivity contribution in [2.75, 3.05) is 7.11 Å². The Bertz CT molecular complexity index is 464. The third-order valence-corrected chi connectivity index (χ3v) is 2.65. The first-order chi connectivity index (χ1) is 6.76. The van der Waals surface area contributed by atoms with Gasteiger partial charge < -0.3 is 14.8 Å². The standard InChI is InChI=1S/C10H10BrNO2/c1-14-9-3-7(11)2-8-6(5-13)4-12-10(8)9/h2-4,12-13H,5H2,1H3. The van der Waals surface area contributed by atoms with E-state index in [-0.39, 0.29) is 6.61 Å². The van der Waals surface area contributed by atoms with Crippen molar-refractivity contribution in [3.05, 3.63) is 28.4 Å². The number of methoxy groups -OCH3 is 1. The van der Waals surface area contributed by atoms with Gasteiger partial charge >= 0.3 is 0 Å². The number of aromatic nitrogens is 1. The Morgan fingerprint density at radius 2 is 2.29 bits per heavy atom. The molecule has 0 saturated carbocycles. The predicted octanol–water partition coefficient (Wildman–Crippen LogP) is 2.43. The summed E-state index contributed by atoms with van der Waals surface area (Å²) in [4.78, 5) is 3.08. The summed E-state index contributed by atoms with van der Waals surface area (Å²) in [6, 6.07) is 3.85. The monoisotopic (exact) mass is 255 g/mol. The van der Waals surface area contributed by atoms with Crippen LogP contribution in [0.4, 0.5) is 0 Å². The van der Waals surface area contributed by atoms with E-state index in [1.807, 2.05) is 12.1 Å². The molecule has 0 spiro atoms. The van der Waals surface area contributed by atoms with Gasteiger partial charge in [-0.2, -0.15) is 0 Å². The fourth-order valence-electron chi connectivity index (χ4n) is 1.51. The topological polar surface area (TPSA) is 45.2 Å². The maximum atomic E-state index is 9.10. The number of aromatic amines is 1. The normalized spacial score (nSPS) is 10.8. The second-order valence-electron chi connectivity index (χ2n) is 3.00. The number of hydrogen-bond donors (Lipinski definition) is 2. The van der Waals surface area contributed by atoms with Crippen LogP contribution < -0.4 is 4.74 Å². The van der Waals surface area contributed by atoms with Crippen molar-refractivity contribution in [2.45, 2.75) is 6.61 Å². The molecule has 1 aromatic carbocycles. The average Bonchev–Trinajstić information content (AvgIpc) is 2.59. The number of ether oxygens (including phenoxy) is 1. The molecular formula is C10H10BrNO2. The molecule has 4 heteroatoms. The number of hydrogen-bond acceptors (Lipinski definition) is 2. The van der Waals surface area contributed by atoms with E-state index in [4.69, 9.17) is 9.84 Å². The molecule has 0 atom stereocenters. The van der Waals surface area contributed by atoms with Crippen LogP contribution in [0.5, 0.6) is 5.75 Å². The summed E-state index contributed by atoms with van der Waals surface area (Å²) in [7, 11) is 1.63. The first-order valence-electron chi connectivity index (χ1n) is 4.20. The first-order valence-corrected chi connectivity index (χ1v) is 5.00. The highest BCUT2D eigenvalue weighted by atomic mass is 79.9. The van der Waals surface area contributed by atoms with Crippen molar-refractivity contribution in [2.24, 2.45) is 0 Å². The summed E-state index contributed by atoms with van der Waals surface area (Å²) in [6.07, 6.45) is 1.79. The maximum absolute atomic E-state index is 9.10. The lowest BCUT2D eigenvalue weighted by Crippen LogP contribution is -1.85. The Morgan fingerprint density at radius 3 is 2.93 bits per heavy atom. The third-order valence-electron chi connectivity index (χ3n) is 2.19. The third kappa shape index (κ3) is 1.40. The minimum atomic E-state index is 0.0274. The molecule has 0 saturated heterocycles. The summed E-state index contributed by atoms with van der Waals surface area (Å²) in [5.74, 6) is 0.772. The van der Waals surface area contributed by atoms with Crippen molar-refractivity contribution in [1.29, 1.82) is 0 Å². The quantitative estimate of drug-likeness (QED) is 0.866. The number of benzene rings is 1. The van der Waals surface area contributed by atoms with Crippen LogP contribution in [-0.2, 0) is 6.61 Å². The van der Waals surface area contributed by atoms with E-state index < -0.39 is 0 Å². The summed E-state index contributed by atoms with van der Waals surface area (Å²) < 4.78 is 6.16. The Morgan fingerprint density at radius 1 is 1.50 bits per heavy atom. The summed E-state index contributed by atoms with van der Waals surface area (Å²) in [5, 5.41) is 10.1. The molecule has 1 heterocycles. The van der Waals surface area contributed by atoms with Crippen molar-refractivity contribution >= 4 is 26.8 Å². The second kappa shape index (κ2) is 3.63. The van der Waals surface area contributed by atoms with Crippen molar-refractivity contribution in [1.82, 2.24) is 4.98 Å². The maximum Gasteiger partial charge on any atom is 0.144 e. The summed E-state index contributed by atoms with van der Waals surface area (Å²) in [6.45, 7) is 0.0274. The molecule has 0 amide bonds. The molecule has 0 aliphatic heterocycles. The number of halogens is 1. The van der Waals surface area contributed by atoms with Crippen LogP contribution in [0.3, 0.4) is 0 Å². The molecule has 0 bridgehead atoms. The molecule has 0 aliphatic rings. The van der Waals surface area contributed by atoms with Crippen LogP contribution in [0.2, 0.25) is 0 Å². The van der Waals surface area contributed by atoms with Crippen molar-refractivity contribution in [3.63, 3.8) is 0 Å². The number of fused-ring (bicyclic) bond motifs is 1. The van der Waals surface area contributed by atoms with Crippen LogP contribution in [0.15, 0.2) is 22.8 Å². The van der Waals surface area contributed by atoms with Gasteiger partial charge in [0, 0.05) is 21.6 Å². The van der Waals surface area contributed by atoms with Gasteiger partial charge in [-0.1, -0.05) is 15.9 Å². The van der Waals surface area contributed by atoms with E-state index in [9.17, 15) is 0 Å². The predicted molar refractivity (Wildman–Crippen MR) is 58.5 cm³/mol. The van der Waals surface area contributed by atoms with E-state index in [1.165, 1.54) is 0 Å². The lowest BCUT2D eigenvalue weighted by atomic mass is 10.2. The zero-order valence-corrected chi connectivity index (χ0v) is 9.26. The van der Waals surface area contributed by atoms with Gasteiger partial charge in [-0.3, -0.25) is 0 Å². The lowest BCUT2D eigenvalue weighted by molar-refractivity contribution is 0.283. The number of nitrogens with one attached hydrogen (secondary N) is 1. The van der Waals surface area contributed by atoms with E-state index in [0.29, 0.717) is 0 Å². The molecule has 74 valence electrons. The second-order valence-corrected chi connectivity index (χ2v) is 3.92. The van der Waals surface area contributed by atoms with Gasteiger partial charge in [0.2, 0.25) is 0 Å². The minimum Gasteiger partial charge on any atom is -0.495 e. The number of H-pyrrole nitrogens is 1. The van der Waals surface area contributed by atoms with E-state index in [0.717, 1.165) is 26.7 Å². The van der Waals surface area contributed by atoms with Gasteiger partial charge in [0.1, 0.15) is 5.75 Å². The van der Waals surface area contributed by atoms with Crippen LogP contribution in [0.1, 0.15) is 5.56 Å². The smallest absolute Gasteiger partial charge is 0.144 e. The highest BCUT2D eigenvalue weighted by molar-refractivity contribution is 9.10. The fraction of sp³-hybridized carbons (Fsp3) is 0.200. The Balaban J connectivity index is 2.76. The Hall–Kier alpha value is -1.00. The molecule has 0 aliphatic carbocycles. The van der Waals surface area contributed by atoms with Gasteiger partial charge in [0.05, 0.1) is 19.2 Å². The number of aliphatic hydroxyl groups excluding tert-OH is 1. The summed E-state index contributed by atoms with van der Waals surface area (Å²) >= 11 is 3.40. The van der Waals surface area contributed by atoms with Crippen LogP contribution in [0.25, 0.3) is 10.9 Å². The fourth-order valence-corrected chi connectivity index (χ4v) is 1.95. The lowest BCUT2D eigenvalue weighted by Gasteiger charge is -2.03. The van der Waals surface area contributed by atoms with Gasteiger partial charge in [0.25, 0.3) is 0 Å². The largest absolute Gasteiger partial charge is 0.495 e. The van der Waals surface area contributed by atoms with Crippen LogP contribution >= 0.6 is 15.9 Å².